The van der Waals surface area contributed by atoms with Crippen LogP contribution in [-0.2, 0) is 9.53 Å². The Morgan fingerprint density at radius 1 is 1.41 bits per heavy atom. The van der Waals surface area contributed by atoms with Gasteiger partial charge in [-0.3, -0.25) is 4.79 Å². The first-order chi connectivity index (χ1) is 12.9. The van der Waals surface area contributed by atoms with Gasteiger partial charge in [-0.15, -0.1) is 23.5 Å². The molecule has 1 aromatic rings. The van der Waals surface area contributed by atoms with Crippen molar-refractivity contribution in [3.05, 3.63) is 46.0 Å². The fraction of sp³-hybridized carbons (Fsp3) is 0.368. The van der Waals surface area contributed by atoms with E-state index in [1.807, 2.05) is 36.4 Å². The van der Waals surface area contributed by atoms with Crippen LogP contribution >= 0.6 is 35.1 Å². The third-order valence-corrected chi connectivity index (χ3v) is 6.03. The van der Waals surface area contributed by atoms with Crippen LogP contribution in [0.4, 0.5) is 5.69 Å². The lowest BCUT2D eigenvalue weighted by Crippen LogP contribution is -2.34. The average molecular weight is 426 g/mol. The van der Waals surface area contributed by atoms with Gasteiger partial charge in [-0.25, -0.2) is 4.99 Å². The summed E-state index contributed by atoms with van der Waals surface area (Å²) in [7, 11) is 1.88. The number of esters is 1. The third-order valence-electron chi connectivity index (χ3n) is 3.86. The summed E-state index contributed by atoms with van der Waals surface area (Å²) in [6.45, 7) is 1.80. The Balaban J connectivity index is 2.08. The Labute approximate surface area is 174 Å². The van der Waals surface area contributed by atoms with E-state index in [0.29, 0.717) is 29.0 Å². The minimum absolute atomic E-state index is 0.261. The van der Waals surface area contributed by atoms with Gasteiger partial charge < -0.3 is 15.4 Å². The molecule has 0 spiro atoms. The number of allylic oxidation sites excluding steroid dienone is 3. The second-order valence-electron chi connectivity index (χ2n) is 5.82. The number of halogens is 1. The Kier molecular flexibility index (Phi) is 8.60. The van der Waals surface area contributed by atoms with Gasteiger partial charge in [-0.05, 0) is 48.3 Å². The number of thioether (sulfide) groups is 2. The van der Waals surface area contributed by atoms with Crippen molar-refractivity contribution < 1.29 is 9.53 Å². The number of anilines is 1. The molecule has 0 radical (unpaired) electrons. The van der Waals surface area contributed by atoms with Crippen molar-refractivity contribution in [1.29, 1.82) is 0 Å². The first-order valence-corrected chi connectivity index (χ1v) is 11.1. The number of rotatable bonds is 7. The van der Waals surface area contributed by atoms with Crippen LogP contribution in [0.2, 0.25) is 0 Å². The van der Waals surface area contributed by atoms with Crippen LogP contribution in [-0.4, -0.2) is 37.6 Å². The van der Waals surface area contributed by atoms with Gasteiger partial charge in [-0.1, -0.05) is 17.7 Å². The first-order valence-electron chi connectivity index (χ1n) is 8.48. The molecule has 1 aliphatic rings. The van der Waals surface area contributed by atoms with Crippen LogP contribution in [0, 0.1) is 0 Å². The number of aliphatic imine (C=N–C) groups is 1. The molecule has 0 saturated carbocycles. The molecular formula is C19H24ClN3O2S2. The second kappa shape index (κ2) is 10.7. The smallest absolute Gasteiger partial charge is 0.302 e. The quantitative estimate of drug-likeness (QED) is 0.226. The van der Waals surface area contributed by atoms with E-state index >= 15 is 0 Å². The summed E-state index contributed by atoms with van der Waals surface area (Å²) in [5.41, 5.74) is 7.87. The molecular weight excluding hydrogens is 402 g/mol. The summed E-state index contributed by atoms with van der Waals surface area (Å²) in [5, 5.41) is 0.702. The Morgan fingerprint density at radius 2 is 2.19 bits per heavy atom. The molecule has 146 valence electrons. The molecule has 2 N–H and O–H groups in total. The van der Waals surface area contributed by atoms with Crippen molar-refractivity contribution >= 4 is 52.7 Å². The first kappa shape index (κ1) is 21.7. The Hall–Kier alpha value is -1.57. The molecule has 0 heterocycles. The summed E-state index contributed by atoms with van der Waals surface area (Å²) < 4.78 is 4.96. The van der Waals surface area contributed by atoms with Gasteiger partial charge >= 0.3 is 5.97 Å². The maximum Gasteiger partial charge on any atom is 0.302 e. The largest absolute Gasteiger partial charge is 0.465 e. The van der Waals surface area contributed by atoms with Crippen molar-refractivity contribution in [3.63, 3.8) is 0 Å². The van der Waals surface area contributed by atoms with E-state index in [-0.39, 0.29) is 5.97 Å². The van der Waals surface area contributed by atoms with Gasteiger partial charge in [0.2, 0.25) is 5.96 Å². The van der Waals surface area contributed by atoms with Crippen LogP contribution in [0.25, 0.3) is 0 Å². The minimum Gasteiger partial charge on any atom is -0.465 e. The zero-order chi connectivity index (χ0) is 19.8. The molecule has 0 aliphatic heterocycles. The molecule has 0 atom stereocenters. The lowest BCUT2D eigenvalue weighted by molar-refractivity contribution is -0.140. The highest BCUT2D eigenvalue weighted by Crippen LogP contribution is 2.33. The molecule has 1 aliphatic carbocycles. The highest BCUT2D eigenvalue weighted by molar-refractivity contribution is 8.03. The third kappa shape index (κ3) is 6.83. The summed E-state index contributed by atoms with van der Waals surface area (Å²) in [6, 6.07) is 8.11. The van der Waals surface area contributed by atoms with E-state index in [4.69, 9.17) is 22.1 Å². The fourth-order valence-electron chi connectivity index (χ4n) is 2.38. The lowest BCUT2D eigenvalue weighted by atomic mass is 10.1. The van der Waals surface area contributed by atoms with Crippen molar-refractivity contribution in [1.82, 2.24) is 0 Å². The van der Waals surface area contributed by atoms with Gasteiger partial charge in [-0.2, -0.15) is 0 Å². The Bertz CT molecular complexity index is 778. The van der Waals surface area contributed by atoms with E-state index in [1.54, 1.807) is 23.5 Å². The van der Waals surface area contributed by atoms with E-state index in [0.717, 1.165) is 28.3 Å². The minimum atomic E-state index is -0.261. The predicted molar refractivity (Wildman–Crippen MR) is 118 cm³/mol. The summed E-state index contributed by atoms with van der Waals surface area (Å²) in [5.74, 6) is 0.822. The maximum atomic E-state index is 10.8. The summed E-state index contributed by atoms with van der Waals surface area (Å²) in [6.07, 6.45) is 5.58. The highest BCUT2D eigenvalue weighted by Gasteiger charge is 2.14. The SMILES string of the molecule is CSc1cccc(N(C)C(N)=NC2=C(Cl)CCC(SCCOC(C)=O)=C2)c1. The molecule has 0 bridgehead atoms. The van der Waals surface area contributed by atoms with E-state index in [1.165, 1.54) is 6.92 Å². The molecule has 0 aromatic heterocycles. The van der Waals surface area contributed by atoms with E-state index in [2.05, 4.69) is 17.1 Å². The van der Waals surface area contributed by atoms with Crippen LogP contribution in [0.5, 0.6) is 0 Å². The molecule has 0 amide bonds. The molecule has 8 heteroatoms. The van der Waals surface area contributed by atoms with Gasteiger partial charge in [0.15, 0.2) is 0 Å². The Morgan fingerprint density at radius 3 is 2.89 bits per heavy atom. The summed E-state index contributed by atoms with van der Waals surface area (Å²) in [4.78, 5) is 19.5. The van der Waals surface area contributed by atoms with Crippen molar-refractivity contribution in [3.8, 4) is 0 Å². The average Bonchev–Trinajstić information content (AvgIpc) is 2.66. The van der Waals surface area contributed by atoms with Crippen molar-refractivity contribution in [2.75, 3.05) is 30.6 Å². The standard InChI is InChI=1S/C19H24ClN3O2S2/c1-13(24)25-9-10-27-16-7-8-17(20)18(12-16)22-19(21)23(2)14-5-4-6-15(11-14)26-3/h4-6,11-12H,7-10H2,1-3H3,(H2,21,22). The molecule has 5 nitrogen and oxygen atoms in total. The van der Waals surface area contributed by atoms with E-state index in [9.17, 15) is 4.79 Å². The van der Waals surface area contributed by atoms with Gasteiger partial charge in [0, 0.05) is 35.3 Å². The number of guanidine groups is 1. The van der Waals surface area contributed by atoms with Crippen LogP contribution in [0.15, 0.2) is 55.9 Å². The molecule has 2 rings (SSSR count). The number of carbonyl (C=O) groups excluding carboxylic acids is 1. The molecule has 1 aromatic carbocycles. The maximum absolute atomic E-state index is 10.8. The van der Waals surface area contributed by atoms with Crippen molar-refractivity contribution in [2.24, 2.45) is 10.7 Å². The van der Waals surface area contributed by atoms with Crippen molar-refractivity contribution in [2.45, 2.75) is 24.7 Å². The fourth-order valence-corrected chi connectivity index (χ4v) is 3.89. The molecule has 0 fully saturated rings. The highest BCUT2D eigenvalue weighted by atomic mass is 35.5. The van der Waals surface area contributed by atoms with Crippen LogP contribution in [0.1, 0.15) is 19.8 Å². The topological polar surface area (TPSA) is 67.9 Å². The van der Waals surface area contributed by atoms with Gasteiger partial charge in [0.25, 0.3) is 0 Å². The van der Waals surface area contributed by atoms with Crippen LogP contribution < -0.4 is 10.6 Å². The van der Waals surface area contributed by atoms with Crippen LogP contribution in [0.3, 0.4) is 0 Å². The second-order valence-corrected chi connectivity index (χ2v) is 8.38. The van der Waals surface area contributed by atoms with Gasteiger partial charge in [0.05, 0.1) is 5.70 Å². The number of nitrogens with two attached hydrogens (primary N) is 1. The van der Waals surface area contributed by atoms with E-state index < -0.39 is 0 Å². The number of ether oxygens (including phenoxy) is 1. The zero-order valence-corrected chi connectivity index (χ0v) is 18.1. The monoisotopic (exact) mass is 425 g/mol. The lowest BCUT2D eigenvalue weighted by Gasteiger charge is -2.20. The number of nitrogens with zero attached hydrogens (tertiary/aromatic N) is 2. The predicted octanol–water partition coefficient (Wildman–Crippen LogP) is 4.58. The number of hydrogen-bond donors (Lipinski definition) is 1. The van der Waals surface area contributed by atoms with Gasteiger partial charge in [0.1, 0.15) is 6.61 Å². The zero-order valence-electron chi connectivity index (χ0n) is 15.7. The normalized spacial score (nSPS) is 14.8. The summed E-state index contributed by atoms with van der Waals surface area (Å²) >= 11 is 9.69. The number of carbonyl (C=O) groups is 1. The molecule has 0 saturated heterocycles. The molecule has 0 unspecified atom stereocenters. The number of benzene rings is 1. The molecule has 27 heavy (non-hydrogen) atoms. The number of hydrogen-bond acceptors (Lipinski definition) is 5.